The van der Waals surface area contributed by atoms with E-state index in [1.54, 1.807) is 57.8 Å². The summed E-state index contributed by atoms with van der Waals surface area (Å²) in [4.78, 5) is 30.6. The van der Waals surface area contributed by atoms with Crippen molar-refractivity contribution < 1.29 is 14.3 Å². The molecule has 0 aliphatic rings. The molecule has 5 aromatic rings. The lowest BCUT2D eigenvalue weighted by atomic mass is 10.1. The largest absolute Gasteiger partial charge is 0.497 e. The zero-order valence-corrected chi connectivity index (χ0v) is 21.2. The van der Waals surface area contributed by atoms with Gasteiger partial charge < -0.3 is 14.8 Å². The highest BCUT2D eigenvalue weighted by Gasteiger charge is 2.18. The number of hydrogen-bond acceptors (Lipinski definition) is 7. The van der Waals surface area contributed by atoms with Crippen LogP contribution in [-0.4, -0.2) is 44.7 Å². The minimum atomic E-state index is -0.332. The number of pyridine rings is 1. The molecule has 0 radical (unpaired) electrons. The van der Waals surface area contributed by atoms with Crippen LogP contribution < -0.4 is 20.3 Å². The summed E-state index contributed by atoms with van der Waals surface area (Å²) in [5.41, 5.74) is 2.70. The summed E-state index contributed by atoms with van der Waals surface area (Å²) in [5.74, 6) is 0.930. The molecule has 0 bridgehead atoms. The standard InChI is InChI=1S/C28H26N6O4/c1-33-25(15-23(31-33)22-14-19(37-2)11-12-26(22)38-3)27(35)30-16-24-20-9-4-5-10-21(20)28(36)34(32-24)17-18-8-6-7-13-29-18/h4-15H,16-17H2,1-3H3,(H,30,35). The maximum Gasteiger partial charge on any atom is 0.275 e. The summed E-state index contributed by atoms with van der Waals surface area (Å²) in [6.07, 6.45) is 1.67. The van der Waals surface area contributed by atoms with E-state index >= 15 is 0 Å². The number of carbonyl (C=O) groups excluding carboxylic acids is 1. The Kier molecular flexibility index (Phi) is 6.86. The van der Waals surface area contributed by atoms with Crippen LogP contribution in [0.5, 0.6) is 11.5 Å². The zero-order chi connectivity index (χ0) is 26.6. The molecule has 1 N–H and O–H groups in total. The molecular formula is C28H26N6O4. The van der Waals surface area contributed by atoms with Gasteiger partial charge in [0.15, 0.2) is 0 Å². The molecule has 0 saturated heterocycles. The van der Waals surface area contributed by atoms with Gasteiger partial charge in [0, 0.05) is 24.2 Å². The Balaban J connectivity index is 1.43. The van der Waals surface area contributed by atoms with Gasteiger partial charge in [-0.25, -0.2) is 4.68 Å². The molecule has 3 heterocycles. The van der Waals surface area contributed by atoms with E-state index in [0.717, 1.165) is 0 Å². The Morgan fingerprint density at radius 3 is 2.47 bits per heavy atom. The summed E-state index contributed by atoms with van der Waals surface area (Å²) in [7, 11) is 4.86. The van der Waals surface area contributed by atoms with Crippen molar-refractivity contribution >= 4 is 16.7 Å². The van der Waals surface area contributed by atoms with Crippen molar-refractivity contribution in [2.75, 3.05) is 14.2 Å². The predicted molar refractivity (Wildman–Crippen MR) is 142 cm³/mol. The molecule has 0 unspecified atom stereocenters. The van der Waals surface area contributed by atoms with E-state index in [4.69, 9.17) is 9.47 Å². The van der Waals surface area contributed by atoms with Crippen molar-refractivity contribution in [1.29, 1.82) is 0 Å². The number of nitrogens with zero attached hydrogens (tertiary/aromatic N) is 5. The normalized spacial score (nSPS) is 10.9. The number of rotatable bonds is 8. The van der Waals surface area contributed by atoms with Crippen LogP contribution in [-0.2, 0) is 20.1 Å². The van der Waals surface area contributed by atoms with Gasteiger partial charge in [0.1, 0.15) is 17.2 Å². The minimum Gasteiger partial charge on any atom is -0.497 e. The van der Waals surface area contributed by atoms with Gasteiger partial charge in [-0.05, 0) is 42.5 Å². The van der Waals surface area contributed by atoms with E-state index in [0.29, 0.717) is 50.6 Å². The molecule has 5 rings (SSSR count). The van der Waals surface area contributed by atoms with Crippen LogP contribution in [0.1, 0.15) is 21.9 Å². The average Bonchev–Trinajstić information content (AvgIpc) is 3.35. The lowest BCUT2D eigenvalue weighted by molar-refractivity contribution is 0.0941. The number of methoxy groups -OCH3 is 2. The minimum absolute atomic E-state index is 0.116. The van der Waals surface area contributed by atoms with Crippen LogP contribution in [0.2, 0.25) is 0 Å². The van der Waals surface area contributed by atoms with Crippen molar-refractivity contribution in [2.24, 2.45) is 7.05 Å². The second-order valence-corrected chi connectivity index (χ2v) is 8.56. The average molecular weight is 511 g/mol. The molecule has 3 aromatic heterocycles. The first-order chi connectivity index (χ1) is 18.5. The number of aryl methyl sites for hydroxylation is 1. The molecule has 10 nitrogen and oxygen atoms in total. The first-order valence-corrected chi connectivity index (χ1v) is 11.9. The highest BCUT2D eigenvalue weighted by molar-refractivity contribution is 5.94. The second-order valence-electron chi connectivity index (χ2n) is 8.56. The van der Waals surface area contributed by atoms with Gasteiger partial charge in [-0.15, -0.1) is 0 Å². The maximum absolute atomic E-state index is 13.2. The van der Waals surface area contributed by atoms with Crippen LogP contribution in [0.15, 0.2) is 77.7 Å². The molecule has 2 aromatic carbocycles. The quantitative estimate of drug-likeness (QED) is 0.341. The number of benzene rings is 2. The molecule has 0 saturated carbocycles. The summed E-state index contributed by atoms with van der Waals surface area (Å²) in [5, 5.41) is 13.2. The van der Waals surface area contributed by atoms with Crippen LogP contribution in [0.4, 0.5) is 0 Å². The predicted octanol–water partition coefficient (Wildman–Crippen LogP) is 3.19. The molecule has 0 atom stereocenters. The lowest BCUT2D eigenvalue weighted by Crippen LogP contribution is -2.29. The fourth-order valence-corrected chi connectivity index (χ4v) is 4.27. The summed E-state index contributed by atoms with van der Waals surface area (Å²) >= 11 is 0. The molecule has 10 heteroatoms. The number of aromatic nitrogens is 5. The van der Waals surface area contributed by atoms with Gasteiger partial charge in [-0.1, -0.05) is 24.3 Å². The van der Waals surface area contributed by atoms with Gasteiger partial charge >= 0.3 is 0 Å². The Morgan fingerprint density at radius 1 is 0.947 bits per heavy atom. The third kappa shape index (κ3) is 4.83. The SMILES string of the molecule is COc1ccc(OC)c(-c2cc(C(=O)NCc3nn(Cc4ccccn4)c(=O)c4ccccc34)n(C)n2)c1. The third-order valence-corrected chi connectivity index (χ3v) is 6.19. The fourth-order valence-electron chi connectivity index (χ4n) is 4.27. The topological polar surface area (TPSA) is 113 Å². The molecule has 38 heavy (non-hydrogen) atoms. The Morgan fingerprint density at radius 2 is 1.74 bits per heavy atom. The van der Waals surface area contributed by atoms with E-state index in [-0.39, 0.29) is 24.6 Å². The van der Waals surface area contributed by atoms with E-state index in [1.807, 2.05) is 36.4 Å². The van der Waals surface area contributed by atoms with E-state index in [9.17, 15) is 9.59 Å². The third-order valence-electron chi connectivity index (χ3n) is 6.19. The van der Waals surface area contributed by atoms with Gasteiger partial charge in [-0.2, -0.15) is 10.2 Å². The number of ether oxygens (including phenoxy) is 2. The van der Waals surface area contributed by atoms with Crippen LogP contribution in [0, 0.1) is 0 Å². The number of nitrogens with one attached hydrogen (secondary N) is 1. The van der Waals surface area contributed by atoms with Crippen molar-refractivity contribution in [2.45, 2.75) is 13.1 Å². The number of amides is 1. The fraction of sp³-hybridized carbons (Fsp3) is 0.179. The van der Waals surface area contributed by atoms with Crippen molar-refractivity contribution in [3.05, 3.63) is 100 Å². The van der Waals surface area contributed by atoms with Crippen molar-refractivity contribution in [3.8, 4) is 22.8 Å². The first kappa shape index (κ1) is 24.7. The lowest BCUT2D eigenvalue weighted by Gasteiger charge is -2.12. The Bertz CT molecular complexity index is 1680. The molecule has 0 aliphatic carbocycles. The van der Waals surface area contributed by atoms with Gasteiger partial charge in [-0.3, -0.25) is 19.3 Å². The van der Waals surface area contributed by atoms with Crippen LogP contribution in [0.25, 0.3) is 22.0 Å². The number of fused-ring (bicyclic) bond motifs is 1. The Hall–Kier alpha value is -4.99. The first-order valence-electron chi connectivity index (χ1n) is 11.9. The summed E-state index contributed by atoms with van der Waals surface area (Å²) in [6, 6.07) is 19.8. The van der Waals surface area contributed by atoms with Crippen molar-refractivity contribution in [1.82, 2.24) is 29.9 Å². The smallest absolute Gasteiger partial charge is 0.275 e. The molecular weight excluding hydrogens is 484 g/mol. The summed E-state index contributed by atoms with van der Waals surface area (Å²) < 4.78 is 13.7. The van der Waals surface area contributed by atoms with Gasteiger partial charge in [0.25, 0.3) is 11.5 Å². The van der Waals surface area contributed by atoms with Crippen molar-refractivity contribution in [3.63, 3.8) is 0 Å². The van der Waals surface area contributed by atoms with Gasteiger partial charge in [0.2, 0.25) is 0 Å². The second kappa shape index (κ2) is 10.6. The molecule has 0 spiro atoms. The monoisotopic (exact) mass is 510 g/mol. The molecule has 0 fully saturated rings. The highest BCUT2D eigenvalue weighted by atomic mass is 16.5. The van der Waals surface area contributed by atoms with E-state index < -0.39 is 0 Å². The Labute approximate surface area is 218 Å². The number of hydrogen-bond donors (Lipinski definition) is 1. The maximum atomic E-state index is 13.2. The van der Waals surface area contributed by atoms with E-state index in [2.05, 4.69) is 20.5 Å². The molecule has 192 valence electrons. The molecule has 0 aliphatic heterocycles. The van der Waals surface area contributed by atoms with E-state index in [1.165, 1.54) is 9.36 Å². The summed E-state index contributed by atoms with van der Waals surface area (Å²) in [6.45, 7) is 0.337. The van der Waals surface area contributed by atoms with Crippen LogP contribution in [0.3, 0.4) is 0 Å². The zero-order valence-electron chi connectivity index (χ0n) is 21.2. The number of carbonyl (C=O) groups is 1. The van der Waals surface area contributed by atoms with Gasteiger partial charge in [0.05, 0.1) is 49.8 Å². The van der Waals surface area contributed by atoms with Crippen LogP contribution >= 0.6 is 0 Å². The highest BCUT2D eigenvalue weighted by Crippen LogP contribution is 2.33. The molecule has 1 amide bonds.